The molecule has 0 aliphatic carbocycles. The van der Waals surface area contributed by atoms with Crippen LogP contribution in [0.3, 0.4) is 0 Å². The van der Waals surface area contributed by atoms with Crippen molar-refractivity contribution in [3.05, 3.63) is 33.7 Å². The molecule has 1 N–H and O–H groups in total. The van der Waals surface area contributed by atoms with Crippen molar-refractivity contribution in [2.45, 2.75) is 33.2 Å². The van der Waals surface area contributed by atoms with Crippen LogP contribution in [0, 0.1) is 6.92 Å². The summed E-state index contributed by atoms with van der Waals surface area (Å²) in [5.74, 6) is -0.198. The topological polar surface area (TPSA) is 46.4 Å². The van der Waals surface area contributed by atoms with Crippen molar-refractivity contribution in [1.29, 1.82) is 0 Å². The van der Waals surface area contributed by atoms with Crippen LogP contribution >= 0.6 is 23.2 Å². The third-order valence-electron chi connectivity index (χ3n) is 2.52. The number of imidazole rings is 1. The Morgan fingerprint density at radius 3 is 2.58 bits per heavy atom. The van der Waals surface area contributed by atoms with E-state index in [1.54, 1.807) is 23.6 Å². The summed E-state index contributed by atoms with van der Waals surface area (Å²) >= 11 is 12.1. The van der Waals surface area contributed by atoms with Crippen LogP contribution in [0.25, 0.3) is 5.65 Å². The smallest absolute Gasteiger partial charge is 0.270 e. The van der Waals surface area contributed by atoms with Crippen LogP contribution in [0.2, 0.25) is 10.0 Å². The second-order valence-electron chi connectivity index (χ2n) is 5.45. The third kappa shape index (κ3) is 2.85. The fourth-order valence-corrected chi connectivity index (χ4v) is 2.37. The van der Waals surface area contributed by atoms with Gasteiger partial charge in [-0.2, -0.15) is 0 Å². The van der Waals surface area contributed by atoms with Gasteiger partial charge in [0.15, 0.2) is 5.65 Å². The van der Waals surface area contributed by atoms with E-state index >= 15 is 0 Å². The van der Waals surface area contributed by atoms with Gasteiger partial charge < -0.3 is 5.32 Å². The maximum atomic E-state index is 12.3. The van der Waals surface area contributed by atoms with Crippen LogP contribution in [0.5, 0.6) is 0 Å². The van der Waals surface area contributed by atoms with E-state index in [0.29, 0.717) is 27.1 Å². The molecule has 0 aliphatic heterocycles. The van der Waals surface area contributed by atoms with Gasteiger partial charge in [0.25, 0.3) is 5.91 Å². The molecule has 0 aromatic carbocycles. The normalized spacial score (nSPS) is 11.9. The van der Waals surface area contributed by atoms with Gasteiger partial charge in [0.2, 0.25) is 0 Å². The zero-order chi connectivity index (χ0) is 14.4. The first-order chi connectivity index (χ1) is 8.69. The number of nitrogens with zero attached hydrogens (tertiary/aromatic N) is 2. The molecular weight excluding hydrogens is 285 g/mol. The van der Waals surface area contributed by atoms with Gasteiger partial charge in [0, 0.05) is 11.7 Å². The Balaban J connectivity index is 2.60. The largest absolute Gasteiger partial charge is 0.346 e. The molecule has 0 saturated heterocycles. The maximum Gasteiger partial charge on any atom is 0.270 e. The molecule has 2 rings (SSSR count). The minimum Gasteiger partial charge on any atom is -0.346 e. The lowest BCUT2D eigenvalue weighted by Crippen LogP contribution is -2.41. The van der Waals surface area contributed by atoms with Gasteiger partial charge in [0.1, 0.15) is 5.69 Å². The summed E-state index contributed by atoms with van der Waals surface area (Å²) in [7, 11) is 0. The SMILES string of the molecule is Cc1nc2c(Cl)cc(Cl)cn2c1C(=O)NC(C)(C)C. The summed E-state index contributed by atoms with van der Waals surface area (Å²) in [6, 6.07) is 1.61. The summed E-state index contributed by atoms with van der Waals surface area (Å²) < 4.78 is 1.63. The molecule has 6 heteroatoms. The highest BCUT2D eigenvalue weighted by molar-refractivity contribution is 6.36. The number of pyridine rings is 1. The van der Waals surface area contributed by atoms with Gasteiger partial charge >= 0.3 is 0 Å². The average Bonchev–Trinajstić information content (AvgIpc) is 2.52. The van der Waals surface area contributed by atoms with E-state index in [4.69, 9.17) is 23.2 Å². The number of carbonyl (C=O) groups is 1. The standard InChI is InChI=1S/C13H15Cl2N3O/c1-7-10(12(19)17-13(2,3)4)18-6-8(14)5-9(15)11(18)16-7/h5-6H,1-4H3,(H,17,19). The first-order valence-corrected chi connectivity index (χ1v) is 6.61. The lowest BCUT2D eigenvalue weighted by Gasteiger charge is -2.20. The first-order valence-electron chi connectivity index (χ1n) is 5.85. The fraction of sp³-hybridized carbons (Fsp3) is 0.385. The van der Waals surface area contributed by atoms with Gasteiger partial charge in [-0.25, -0.2) is 4.98 Å². The number of aryl methyl sites for hydroxylation is 1. The maximum absolute atomic E-state index is 12.3. The van der Waals surface area contributed by atoms with Crippen LogP contribution in [0.15, 0.2) is 12.3 Å². The molecule has 0 unspecified atom stereocenters. The van der Waals surface area contributed by atoms with Gasteiger partial charge in [-0.1, -0.05) is 23.2 Å². The number of aromatic nitrogens is 2. The second-order valence-corrected chi connectivity index (χ2v) is 6.29. The van der Waals surface area contributed by atoms with E-state index in [0.717, 1.165) is 0 Å². The Morgan fingerprint density at radius 2 is 2.00 bits per heavy atom. The molecule has 0 atom stereocenters. The van der Waals surface area contributed by atoms with Crippen molar-refractivity contribution in [2.24, 2.45) is 0 Å². The van der Waals surface area contributed by atoms with E-state index in [9.17, 15) is 4.79 Å². The Morgan fingerprint density at radius 1 is 1.37 bits per heavy atom. The van der Waals surface area contributed by atoms with Crippen LogP contribution in [-0.4, -0.2) is 20.8 Å². The first kappa shape index (κ1) is 14.2. The van der Waals surface area contributed by atoms with E-state index in [1.807, 2.05) is 20.8 Å². The summed E-state index contributed by atoms with van der Waals surface area (Å²) in [4.78, 5) is 16.6. The van der Waals surface area contributed by atoms with Crippen molar-refractivity contribution in [2.75, 3.05) is 0 Å². The predicted octanol–water partition coefficient (Wildman–Crippen LogP) is 3.48. The Bertz CT molecular complexity index is 656. The molecule has 2 aromatic rings. The molecule has 0 fully saturated rings. The number of carbonyl (C=O) groups excluding carboxylic acids is 1. The minimum atomic E-state index is -0.323. The van der Waals surface area contributed by atoms with Crippen molar-refractivity contribution in [1.82, 2.24) is 14.7 Å². The third-order valence-corrected chi connectivity index (χ3v) is 3.00. The number of halogens is 2. The highest BCUT2D eigenvalue weighted by Gasteiger charge is 2.22. The van der Waals surface area contributed by atoms with E-state index < -0.39 is 0 Å². The summed E-state index contributed by atoms with van der Waals surface area (Å²) in [5.41, 5.74) is 1.28. The van der Waals surface area contributed by atoms with E-state index in [2.05, 4.69) is 10.3 Å². The van der Waals surface area contributed by atoms with Crippen molar-refractivity contribution < 1.29 is 4.79 Å². The van der Waals surface area contributed by atoms with Crippen LogP contribution in [-0.2, 0) is 0 Å². The monoisotopic (exact) mass is 299 g/mol. The van der Waals surface area contributed by atoms with Gasteiger partial charge in [-0.3, -0.25) is 9.20 Å². The zero-order valence-corrected chi connectivity index (χ0v) is 12.7. The van der Waals surface area contributed by atoms with E-state index in [-0.39, 0.29) is 11.4 Å². The number of hydrogen-bond donors (Lipinski definition) is 1. The lowest BCUT2D eigenvalue weighted by atomic mass is 10.1. The molecule has 102 valence electrons. The molecule has 0 saturated carbocycles. The molecule has 4 nitrogen and oxygen atoms in total. The minimum absolute atomic E-state index is 0.198. The zero-order valence-electron chi connectivity index (χ0n) is 11.2. The molecule has 0 bridgehead atoms. The van der Waals surface area contributed by atoms with Crippen LogP contribution in [0.4, 0.5) is 0 Å². The number of nitrogens with one attached hydrogen (secondary N) is 1. The predicted molar refractivity (Wildman–Crippen MR) is 77.2 cm³/mol. The van der Waals surface area contributed by atoms with Crippen LogP contribution < -0.4 is 5.32 Å². The van der Waals surface area contributed by atoms with Crippen molar-refractivity contribution in [3.8, 4) is 0 Å². The Labute approximate surface area is 121 Å². The average molecular weight is 300 g/mol. The number of fused-ring (bicyclic) bond motifs is 1. The Kier molecular flexibility index (Phi) is 3.49. The summed E-state index contributed by atoms with van der Waals surface area (Å²) in [6.45, 7) is 7.53. The molecule has 2 aromatic heterocycles. The van der Waals surface area contributed by atoms with E-state index in [1.165, 1.54) is 0 Å². The molecule has 0 spiro atoms. The summed E-state index contributed by atoms with van der Waals surface area (Å²) in [6.07, 6.45) is 1.64. The van der Waals surface area contributed by atoms with Gasteiger partial charge in [-0.05, 0) is 33.8 Å². The highest BCUT2D eigenvalue weighted by atomic mass is 35.5. The Hall–Kier alpha value is -1.26. The summed E-state index contributed by atoms with van der Waals surface area (Å²) in [5, 5.41) is 3.79. The van der Waals surface area contributed by atoms with Gasteiger partial charge in [0.05, 0.1) is 15.7 Å². The molecule has 2 heterocycles. The quantitative estimate of drug-likeness (QED) is 0.876. The molecule has 1 amide bonds. The number of rotatable bonds is 1. The number of amides is 1. The molecule has 0 aliphatic rings. The van der Waals surface area contributed by atoms with Crippen molar-refractivity contribution >= 4 is 34.8 Å². The molecular formula is C13H15Cl2N3O. The lowest BCUT2D eigenvalue weighted by molar-refractivity contribution is 0.0913. The molecule has 0 radical (unpaired) electrons. The number of hydrogen-bond acceptors (Lipinski definition) is 2. The van der Waals surface area contributed by atoms with Crippen molar-refractivity contribution in [3.63, 3.8) is 0 Å². The van der Waals surface area contributed by atoms with Gasteiger partial charge in [-0.15, -0.1) is 0 Å². The second kappa shape index (κ2) is 4.69. The fourth-order valence-electron chi connectivity index (χ4n) is 1.86. The molecule has 19 heavy (non-hydrogen) atoms. The van der Waals surface area contributed by atoms with Crippen LogP contribution in [0.1, 0.15) is 37.0 Å². The highest BCUT2D eigenvalue weighted by Crippen LogP contribution is 2.24.